The van der Waals surface area contributed by atoms with Gasteiger partial charge in [0.15, 0.2) is 6.61 Å². The highest BCUT2D eigenvalue weighted by Gasteiger charge is 2.28. The molecule has 184 valence electrons. The van der Waals surface area contributed by atoms with Crippen molar-refractivity contribution < 1.29 is 19.0 Å². The summed E-state index contributed by atoms with van der Waals surface area (Å²) >= 11 is 0. The molecule has 4 rings (SSSR count). The van der Waals surface area contributed by atoms with E-state index in [1.807, 2.05) is 25.1 Å². The number of carbonyl (C=O) groups is 1. The molecule has 1 aromatic heterocycles. The second-order valence-electron chi connectivity index (χ2n) is 8.99. The first-order chi connectivity index (χ1) is 16.9. The van der Waals surface area contributed by atoms with Crippen molar-refractivity contribution in [3.05, 3.63) is 71.8 Å². The molecule has 0 bridgehead atoms. The average Bonchev–Trinajstić information content (AvgIpc) is 2.83. The number of piperazine rings is 1. The van der Waals surface area contributed by atoms with Crippen LogP contribution < -0.4 is 9.64 Å². The fourth-order valence-corrected chi connectivity index (χ4v) is 4.60. The third-order valence-electron chi connectivity index (χ3n) is 6.12. The van der Waals surface area contributed by atoms with E-state index >= 15 is 0 Å². The lowest BCUT2D eigenvalue weighted by molar-refractivity contribution is -0.139. The lowest BCUT2D eigenvalue weighted by Crippen LogP contribution is -2.53. The number of hydrogen-bond acceptors (Lipinski definition) is 6. The summed E-state index contributed by atoms with van der Waals surface area (Å²) in [5, 5.41) is 8.89. The minimum Gasteiger partial charge on any atom is -0.482 e. The molecule has 0 radical (unpaired) electrons. The van der Waals surface area contributed by atoms with Crippen LogP contribution in [0.2, 0.25) is 0 Å². The topological polar surface area (TPSA) is 78.8 Å². The van der Waals surface area contributed by atoms with Crippen molar-refractivity contribution in [2.75, 3.05) is 31.1 Å². The molecule has 0 spiro atoms. The normalized spacial score (nSPS) is 16.3. The third kappa shape index (κ3) is 6.54. The third-order valence-corrected chi connectivity index (χ3v) is 6.12. The predicted molar refractivity (Wildman–Crippen MR) is 133 cm³/mol. The van der Waals surface area contributed by atoms with E-state index in [1.54, 1.807) is 18.5 Å². The maximum atomic E-state index is 13.6. The summed E-state index contributed by atoms with van der Waals surface area (Å²) in [6.07, 6.45) is 5.59. The highest BCUT2D eigenvalue weighted by Crippen LogP contribution is 2.25. The molecule has 1 fully saturated rings. The molecular weight excluding hydrogens is 447 g/mol. The number of anilines is 1. The number of hydrogen-bond donors (Lipinski definition) is 1. The van der Waals surface area contributed by atoms with Crippen LogP contribution in [0.4, 0.5) is 10.3 Å². The Balaban J connectivity index is 1.44. The van der Waals surface area contributed by atoms with E-state index in [0.717, 1.165) is 61.3 Å². The molecule has 2 heterocycles. The van der Waals surface area contributed by atoms with Gasteiger partial charge in [-0.25, -0.2) is 19.2 Å². The number of aliphatic carboxylic acids is 1. The first-order valence-corrected chi connectivity index (χ1v) is 11.9. The Kier molecular flexibility index (Phi) is 7.92. The Morgan fingerprint density at radius 3 is 2.66 bits per heavy atom. The summed E-state index contributed by atoms with van der Waals surface area (Å²) in [7, 11) is 0. The van der Waals surface area contributed by atoms with Crippen molar-refractivity contribution in [3.8, 4) is 16.9 Å². The second kappa shape index (κ2) is 11.3. The number of aryl methyl sites for hydroxylation is 1. The van der Waals surface area contributed by atoms with Crippen molar-refractivity contribution in [1.82, 2.24) is 14.9 Å². The highest BCUT2D eigenvalue weighted by molar-refractivity contribution is 5.68. The maximum absolute atomic E-state index is 13.6. The zero-order chi connectivity index (χ0) is 24.8. The summed E-state index contributed by atoms with van der Waals surface area (Å²) < 4.78 is 19.0. The fraction of sp³-hybridized carbons (Fsp3) is 0.370. The SMILES string of the molecule is CCC[C@@H]1CN(Cc2cc(C)cc(OCC(=O)O)c2)CCN1c1ncc(-c2cccc(F)c2)cn1. The van der Waals surface area contributed by atoms with E-state index in [0.29, 0.717) is 11.7 Å². The van der Waals surface area contributed by atoms with Crippen molar-refractivity contribution in [3.63, 3.8) is 0 Å². The van der Waals surface area contributed by atoms with Crippen LogP contribution in [0.15, 0.2) is 54.9 Å². The number of carboxylic acid groups (broad SMARTS) is 1. The summed E-state index contributed by atoms with van der Waals surface area (Å²) in [6, 6.07) is 12.6. The smallest absolute Gasteiger partial charge is 0.341 e. The van der Waals surface area contributed by atoms with Crippen LogP contribution in [-0.2, 0) is 11.3 Å². The molecule has 35 heavy (non-hydrogen) atoms. The van der Waals surface area contributed by atoms with Gasteiger partial charge in [0.05, 0.1) is 0 Å². The van der Waals surface area contributed by atoms with E-state index in [4.69, 9.17) is 9.84 Å². The van der Waals surface area contributed by atoms with Gasteiger partial charge >= 0.3 is 5.97 Å². The minimum atomic E-state index is -0.988. The van der Waals surface area contributed by atoms with Gasteiger partial charge in [0, 0.05) is 50.2 Å². The standard InChI is InChI=1S/C27H31FN4O3/c1-3-5-24-17-31(16-20-10-19(2)11-25(12-20)35-18-26(33)34)8-9-32(24)27-29-14-22(15-30-27)21-6-4-7-23(28)13-21/h4,6-7,10-15,24H,3,5,8-9,16-18H2,1-2H3,(H,33,34)/t24-/m1/s1. The first-order valence-electron chi connectivity index (χ1n) is 11.9. The lowest BCUT2D eigenvalue weighted by atomic mass is 10.1. The number of nitrogens with zero attached hydrogens (tertiary/aromatic N) is 4. The maximum Gasteiger partial charge on any atom is 0.341 e. The highest BCUT2D eigenvalue weighted by atomic mass is 19.1. The van der Waals surface area contributed by atoms with Gasteiger partial charge in [-0.15, -0.1) is 0 Å². The van der Waals surface area contributed by atoms with Crippen LogP contribution in [0.3, 0.4) is 0 Å². The van der Waals surface area contributed by atoms with Crippen molar-refractivity contribution in [2.24, 2.45) is 0 Å². The van der Waals surface area contributed by atoms with Crippen LogP contribution in [0.1, 0.15) is 30.9 Å². The zero-order valence-corrected chi connectivity index (χ0v) is 20.2. The number of rotatable bonds is 9. The Labute approximate surface area is 205 Å². The first kappa shape index (κ1) is 24.6. The van der Waals surface area contributed by atoms with Crippen LogP contribution in [0.25, 0.3) is 11.1 Å². The molecular formula is C27H31FN4O3. The van der Waals surface area contributed by atoms with Crippen molar-refractivity contribution >= 4 is 11.9 Å². The van der Waals surface area contributed by atoms with Crippen LogP contribution in [0, 0.1) is 12.7 Å². The molecule has 1 atom stereocenters. The predicted octanol–water partition coefficient (Wildman–Crippen LogP) is 4.55. The largest absolute Gasteiger partial charge is 0.482 e. The summed E-state index contributed by atoms with van der Waals surface area (Å²) in [4.78, 5) is 24.8. The Morgan fingerprint density at radius 2 is 1.94 bits per heavy atom. The zero-order valence-electron chi connectivity index (χ0n) is 20.2. The molecule has 0 aliphatic carbocycles. The van der Waals surface area contributed by atoms with Crippen molar-refractivity contribution in [1.29, 1.82) is 0 Å². The Hall–Kier alpha value is -3.52. The van der Waals surface area contributed by atoms with Crippen LogP contribution >= 0.6 is 0 Å². The molecule has 0 unspecified atom stereocenters. The van der Waals surface area contributed by atoms with E-state index in [-0.39, 0.29) is 18.5 Å². The lowest BCUT2D eigenvalue weighted by Gasteiger charge is -2.41. The van der Waals surface area contributed by atoms with Gasteiger partial charge in [-0.2, -0.15) is 0 Å². The molecule has 1 aliphatic rings. The minimum absolute atomic E-state index is 0.278. The quantitative estimate of drug-likeness (QED) is 0.484. The van der Waals surface area contributed by atoms with Gasteiger partial charge in [0.1, 0.15) is 11.6 Å². The molecule has 2 aromatic carbocycles. The van der Waals surface area contributed by atoms with E-state index < -0.39 is 5.97 Å². The number of carboxylic acids is 1. The van der Waals surface area contributed by atoms with Gasteiger partial charge in [0.25, 0.3) is 0 Å². The number of ether oxygens (including phenoxy) is 1. The summed E-state index contributed by atoms with van der Waals surface area (Å²) in [6.45, 7) is 7.11. The summed E-state index contributed by atoms with van der Waals surface area (Å²) in [5.74, 6) is 0.0127. The van der Waals surface area contributed by atoms with Crippen molar-refractivity contribution in [2.45, 2.75) is 39.3 Å². The molecule has 1 saturated heterocycles. The van der Waals surface area contributed by atoms with Crippen LogP contribution in [0.5, 0.6) is 5.75 Å². The van der Waals surface area contributed by atoms with Gasteiger partial charge in [-0.05, 0) is 54.3 Å². The molecule has 0 amide bonds. The van der Waals surface area contributed by atoms with Gasteiger partial charge in [-0.1, -0.05) is 31.5 Å². The number of benzene rings is 2. The Morgan fingerprint density at radius 1 is 1.14 bits per heavy atom. The second-order valence-corrected chi connectivity index (χ2v) is 8.99. The molecule has 7 nitrogen and oxygen atoms in total. The fourth-order valence-electron chi connectivity index (χ4n) is 4.60. The molecule has 3 aromatic rings. The molecule has 1 aliphatic heterocycles. The van der Waals surface area contributed by atoms with Gasteiger partial charge in [0.2, 0.25) is 5.95 Å². The van der Waals surface area contributed by atoms with Gasteiger partial charge in [-0.3, -0.25) is 4.90 Å². The summed E-state index contributed by atoms with van der Waals surface area (Å²) in [5.41, 5.74) is 3.69. The molecule has 0 saturated carbocycles. The number of halogens is 1. The van der Waals surface area contributed by atoms with E-state index in [1.165, 1.54) is 12.1 Å². The average molecular weight is 479 g/mol. The van der Waals surface area contributed by atoms with Gasteiger partial charge < -0.3 is 14.7 Å². The van der Waals surface area contributed by atoms with Crippen LogP contribution in [-0.4, -0.2) is 58.2 Å². The monoisotopic (exact) mass is 478 g/mol. The van der Waals surface area contributed by atoms with E-state index in [9.17, 15) is 9.18 Å². The molecule has 8 heteroatoms. The Bertz CT molecular complexity index is 1160. The van der Waals surface area contributed by atoms with E-state index in [2.05, 4.69) is 32.8 Å². The molecule has 1 N–H and O–H groups in total. The number of aromatic nitrogens is 2.